The average Bonchev–Trinajstić information content (AvgIpc) is 2.71. The number of rotatable bonds is 3. The van der Waals surface area contributed by atoms with Crippen molar-refractivity contribution >= 4 is 23.9 Å². The highest BCUT2D eigenvalue weighted by atomic mass is 32.1. The first-order valence-electron chi connectivity index (χ1n) is 4.73. The molecule has 4 heteroatoms. The topological polar surface area (TPSA) is 47.0 Å². The number of hydrogen-bond donors (Lipinski definition) is 0. The standard InChI is InChI=1S/C12H9NO2S/c1-8-11(7-15)16-12(13-8)10-4-2-9(6-14)3-5-10/h2-7H,1H3. The largest absolute Gasteiger partial charge is 0.298 e. The molecule has 1 heterocycles. The first-order chi connectivity index (χ1) is 7.74. The van der Waals surface area contributed by atoms with E-state index in [1.165, 1.54) is 11.3 Å². The lowest BCUT2D eigenvalue weighted by Crippen LogP contribution is -1.81. The van der Waals surface area contributed by atoms with E-state index in [1.54, 1.807) is 12.1 Å². The molecule has 0 unspecified atom stereocenters. The molecule has 0 aliphatic rings. The SMILES string of the molecule is Cc1nc(-c2ccc(C=O)cc2)sc1C=O. The molecule has 0 aliphatic carbocycles. The third-order valence-electron chi connectivity index (χ3n) is 2.23. The van der Waals surface area contributed by atoms with Gasteiger partial charge in [-0.3, -0.25) is 9.59 Å². The van der Waals surface area contributed by atoms with E-state index >= 15 is 0 Å². The molecule has 0 aliphatic heterocycles. The van der Waals surface area contributed by atoms with Gasteiger partial charge in [0.05, 0.1) is 10.6 Å². The fourth-order valence-electron chi connectivity index (χ4n) is 1.35. The Morgan fingerprint density at radius 2 is 1.81 bits per heavy atom. The Labute approximate surface area is 96.8 Å². The van der Waals surface area contributed by atoms with Crippen LogP contribution in [-0.2, 0) is 0 Å². The number of carbonyl (C=O) groups excluding carboxylic acids is 2. The minimum atomic E-state index is 0.632. The lowest BCUT2D eigenvalue weighted by molar-refractivity contribution is 0.111. The van der Waals surface area contributed by atoms with Gasteiger partial charge in [-0.25, -0.2) is 4.98 Å². The third-order valence-corrected chi connectivity index (χ3v) is 3.37. The molecule has 0 atom stereocenters. The minimum Gasteiger partial charge on any atom is -0.298 e. The second-order valence-corrected chi connectivity index (χ2v) is 4.36. The van der Waals surface area contributed by atoms with Crippen molar-refractivity contribution in [3.63, 3.8) is 0 Å². The van der Waals surface area contributed by atoms with Crippen molar-refractivity contribution in [1.82, 2.24) is 4.98 Å². The molecule has 1 aromatic heterocycles. The Bertz CT molecular complexity index is 528. The summed E-state index contributed by atoms with van der Waals surface area (Å²) >= 11 is 1.36. The van der Waals surface area contributed by atoms with Crippen LogP contribution in [0, 0.1) is 6.92 Å². The maximum Gasteiger partial charge on any atom is 0.161 e. The van der Waals surface area contributed by atoms with Crippen LogP contribution < -0.4 is 0 Å². The van der Waals surface area contributed by atoms with Crippen LogP contribution in [0.5, 0.6) is 0 Å². The molecule has 2 rings (SSSR count). The van der Waals surface area contributed by atoms with E-state index in [0.29, 0.717) is 10.4 Å². The van der Waals surface area contributed by atoms with Crippen molar-refractivity contribution < 1.29 is 9.59 Å². The molecule has 1 aromatic carbocycles. The molecule has 3 nitrogen and oxygen atoms in total. The molecule has 2 aromatic rings. The molecule has 0 bridgehead atoms. The molecule has 0 spiro atoms. The normalized spacial score (nSPS) is 10.1. The van der Waals surface area contributed by atoms with Crippen molar-refractivity contribution in [3.05, 3.63) is 40.4 Å². The van der Waals surface area contributed by atoms with Crippen molar-refractivity contribution in [2.24, 2.45) is 0 Å². The summed E-state index contributed by atoms with van der Waals surface area (Å²) in [5, 5.41) is 0.803. The summed E-state index contributed by atoms with van der Waals surface area (Å²) in [6, 6.07) is 7.13. The fraction of sp³-hybridized carbons (Fsp3) is 0.0833. The minimum absolute atomic E-state index is 0.632. The fourth-order valence-corrected chi connectivity index (χ4v) is 2.23. The predicted octanol–water partition coefficient (Wildman–Crippen LogP) is 2.74. The monoisotopic (exact) mass is 231 g/mol. The van der Waals surface area contributed by atoms with Crippen molar-refractivity contribution in [2.75, 3.05) is 0 Å². The zero-order valence-corrected chi connectivity index (χ0v) is 9.45. The molecular weight excluding hydrogens is 222 g/mol. The van der Waals surface area contributed by atoms with E-state index in [9.17, 15) is 9.59 Å². The number of aldehydes is 2. The molecule has 0 N–H and O–H groups in total. The molecule has 0 radical (unpaired) electrons. The highest BCUT2D eigenvalue weighted by Gasteiger charge is 2.08. The van der Waals surface area contributed by atoms with Gasteiger partial charge in [-0.05, 0) is 6.92 Å². The van der Waals surface area contributed by atoms with Gasteiger partial charge < -0.3 is 0 Å². The number of aromatic nitrogens is 1. The molecule has 80 valence electrons. The number of nitrogens with zero attached hydrogens (tertiary/aromatic N) is 1. The van der Waals surface area contributed by atoms with Crippen LogP contribution in [0.4, 0.5) is 0 Å². The van der Waals surface area contributed by atoms with Gasteiger partial charge >= 0.3 is 0 Å². The van der Waals surface area contributed by atoms with Crippen molar-refractivity contribution in [2.45, 2.75) is 6.92 Å². The lowest BCUT2D eigenvalue weighted by atomic mass is 10.1. The Kier molecular flexibility index (Phi) is 2.92. The first-order valence-corrected chi connectivity index (χ1v) is 5.54. The van der Waals surface area contributed by atoms with Crippen LogP contribution in [0.2, 0.25) is 0 Å². The molecule has 16 heavy (non-hydrogen) atoms. The van der Waals surface area contributed by atoms with Crippen LogP contribution in [0.3, 0.4) is 0 Å². The summed E-state index contributed by atoms with van der Waals surface area (Å²) in [6.45, 7) is 1.81. The maximum absolute atomic E-state index is 10.7. The average molecular weight is 231 g/mol. The van der Waals surface area contributed by atoms with Gasteiger partial charge in [0.25, 0.3) is 0 Å². The maximum atomic E-state index is 10.7. The zero-order valence-electron chi connectivity index (χ0n) is 8.64. The van der Waals surface area contributed by atoms with E-state index in [1.807, 2.05) is 19.1 Å². The van der Waals surface area contributed by atoms with Crippen LogP contribution in [0.15, 0.2) is 24.3 Å². The Morgan fingerprint density at radius 1 is 1.12 bits per heavy atom. The highest BCUT2D eigenvalue weighted by Crippen LogP contribution is 2.26. The van der Waals surface area contributed by atoms with Gasteiger partial charge in [-0.15, -0.1) is 11.3 Å². The highest BCUT2D eigenvalue weighted by molar-refractivity contribution is 7.16. The van der Waals surface area contributed by atoms with Crippen LogP contribution in [-0.4, -0.2) is 17.6 Å². The Hall–Kier alpha value is -1.81. The Morgan fingerprint density at radius 3 is 2.31 bits per heavy atom. The molecular formula is C12H9NO2S. The second kappa shape index (κ2) is 4.37. The number of hydrogen-bond acceptors (Lipinski definition) is 4. The smallest absolute Gasteiger partial charge is 0.161 e. The van der Waals surface area contributed by atoms with Gasteiger partial charge in [0.15, 0.2) is 6.29 Å². The number of benzene rings is 1. The number of carbonyl (C=O) groups is 2. The van der Waals surface area contributed by atoms with Gasteiger partial charge in [-0.2, -0.15) is 0 Å². The van der Waals surface area contributed by atoms with Gasteiger partial charge in [0.1, 0.15) is 11.3 Å². The summed E-state index contributed by atoms with van der Waals surface area (Å²) < 4.78 is 0. The lowest BCUT2D eigenvalue weighted by Gasteiger charge is -1.95. The number of aryl methyl sites for hydroxylation is 1. The van der Waals surface area contributed by atoms with Crippen molar-refractivity contribution in [1.29, 1.82) is 0 Å². The van der Waals surface area contributed by atoms with Gasteiger partial charge in [-0.1, -0.05) is 24.3 Å². The van der Waals surface area contributed by atoms with Crippen molar-refractivity contribution in [3.8, 4) is 10.6 Å². The zero-order chi connectivity index (χ0) is 11.5. The summed E-state index contributed by atoms with van der Waals surface area (Å²) in [5.41, 5.74) is 2.30. The third kappa shape index (κ3) is 1.92. The van der Waals surface area contributed by atoms with Gasteiger partial charge in [0, 0.05) is 11.1 Å². The summed E-state index contributed by atoms with van der Waals surface area (Å²) in [5.74, 6) is 0. The summed E-state index contributed by atoms with van der Waals surface area (Å²) in [6.07, 6.45) is 1.62. The van der Waals surface area contributed by atoms with Crippen LogP contribution >= 0.6 is 11.3 Å². The summed E-state index contributed by atoms with van der Waals surface area (Å²) in [4.78, 5) is 26.1. The quantitative estimate of drug-likeness (QED) is 0.763. The van der Waals surface area contributed by atoms with E-state index in [-0.39, 0.29) is 0 Å². The molecule has 0 fully saturated rings. The van der Waals surface area contributed by atoms with Crippen LogP contribution in [0.1, 0.15) is 25.7 Å². The summed E-state index contributed by atoms with van der Waals surface area (Å²) in [7, 11) is 0. The molecule has 0 saturated heterocycles. The van der Waals surface area contributed by atoms with E-state index in [4.69, 9.17) is 0 Å². The first kappa shape index (κ1) is 10.7. The Balaban J connectivity index is 2.41. The predicted molar refractivity (Wildman–Crippen MR) is 63.1 cm³/mol. The number of thiazole rings is 1. The molecule has 0 saturated carbocycles. The van der Waals surface area contributed by atoms with E-state index in [2.05, 4.69) is 4.98 Å². The second-order valence-electron chi connectivity index (χ2n) is 3.33. The van der Waals surface area contributed by atoms with Gasteiger partial charge in [0.2, 0.25) is 0 Å². The molecule has 0 amide bonds. The van der Waals surface area contributed by atoms with Crippen LogP contribution in [0.25, 0.3) is 10.6 Å². The van der Waals surface area contributed by atoms with E-state index < -0.39 is 0 Å². The van der Waals surface area contributed by atoms with E-state index in [0.717, 1.165) is 28.8 Å².